The van der Waals surface area contributed by atoms with Crippen molar-refractivity contribution < 1.29 is 22.7 Å². The number of hydrogen-bond donors (Lipinski definition) is 1. The number of carbonyl (C=O) groups excluding carboxylic acids is 1. The van der Waals surface area contributed by atoms with Gasteiger partial charge in [-0.3, -0.25) is 4.79 Å². The van der Waals surface area contributed by atoms with Gasteiger partial charge in [0.2, 0.25) is 0 Å². The van der Waals surface area contributed by atoms with Gasteiger partial charge in [0.05, 0.1) is 18.8 Å². The Kier molecular flexibility index (Phi) is 4.84. The first-order valence-electron chi connectivity index (χ1n) is 7.57. The van der Waals surface area contributed by atoms with Gasteiger partial charge in [-0.25, -0.2) is 9.97 Å². The summed E-state index contributed by atoms with van der Waals surface area (Å²) in [6.07, 6.45) is -3.21. The molecule has 0 atom stereocenters. The minimum atomic E-state index is -4.51. The lowest BCUT2D eigenvalue weighted by Gasteiger charge is -2.27. The van der Waals surface area contributed by atoms with E-state index in [9.17, 15) is 18.0 Å². The number of halogens is 3. The summed E-state index contributed by atoms with van der Waals surface area (Å²) in [4.78, 5) is 22.3. The van der Waals surface area contributed by atoms with Gasteiger partial charge in [-0.05, 0) is 18.2 Å². The quantitative estimate of drug-likeness (QED) is 0.920. The van der Waals surface area contributed by atoms with Crippen molar-refractivity contribution in [1.29, 1.82) is 0 Å². The van der Waals surface area contributed by atoms with E-state index in [0.717, 1.165) is 12.1 Å². The lowest BCUT2D eigenvalue weighted by Crippen LogP contribution is -2.36. The van der Waals surface area contributed by atoms with E-state index in [0.29, 0.717) is 32.1 Å². The Bertz CT molecular complexity index is 761. The van der Waals surface area contributed by atoms with Crippen LogP contribution < -0.4 is 10.2 Å². The standard InChI is InChI=1S/C16H15F3N4O2/c17-16(18,19)12-3-1-2-11(8-12)15(24)22-13-9-14(21-10-20-13)23-4-6-25-7-5-23/h1-3,8-10H,4-7H2,(H,20,21,22,24). The number of nitrogens with zero attached hydrogens (tertiary/aromatic N) is 3. The van der Waals surface area contributed by atoms with Crippen LogP contribution in [-0.4, -0.2) is 42.2 Å². The summed E-state index contributed by atoms with van der Waals surface area (Å²) >= 11 is 0. The fourth-order valence-electron chi connectivity index (χ4n) is 2.41. The highest BCUT2D eigenvalue weighted by molar-refractivity contribution is 6.04. The Morgan fingerprint density at radius 1 is 1.16 bits per heavy atom. The maximum absolute atomic E-state index is 12.7. The lowest BCUT2D eigenvalue weighted by molar-refractivity contribution is -0.137. The van der Waals surface area contributed by atoms with Crippen LogP contribution in [0.4, 0.5) is 24.8 Å². The molecular weight excluding hydrogens is 337 g/mol. The van der Waals surface area contributed by atoms with Gasteiger partial charge in [-0.1, -0.05) is 6.07 Å². The van der Waals surface area contributed by atoms with E-state index in [2.05, 4.69) is 15.3 Å². The van der Waals surface area contributed by atoms with Gasteiger partial charge in [0.15, 0.2) is 0 Å². The molecule has 1 saturated heterocycles. The average Bonchev–Trinajstić information content (AvgIpc) is 2.62. The first kappa shape index (κ1) is 17.2. The van der Waals surface area contributed by atoms with E-state index in [1.54, 1.807) is 6.07 Å². The Morgan fingerprint density at radius 3 is 2.64 bits per heavy atom. The fourth-order valence-corrected chi connectivity index (χ4v) is 2.41. The van der Waals surface area contributed by atoms with Gasteiger partial charge in [-0.2, -0.15) is 13.2 Å². The Labute approximate surface area is 141 Å². The van der Waals surface area contributed by atoms with Crippen LogP contribution >= 0.6 is 0 Å². The molecule has 2 aromatic rings. The molecule has 0 unspecified atom stereocenters. The van der Waals surface area contributed by atoms with Crippen LogP contribution in [0.25, 0.3) is 0 Å². The minimum Gasteiger partial charge on any atom is -0.378 e. The van der Waals surface area contributed by atoms with Crippen LogP contribution in [0.2, 0.25) is 0 Å². The molecule has 0 spiro atoms. The Balaban J connectivity index is 1.75. The third kappa shape index (κ3) is 4.24. The molecule has 0 radical (unpaired) electrons. The molecule has 9 heteroatoms. The maximum atomic E-state index is 12.7. The summed E-state index contributed by atoms with van der Waals surface area (Å²) in [5.74, 6) is 0.175. The number of ether oxygens (including phenoxy) is 1. The van der Waals surface area contributed by atoms with Gasteiger partial charge in [0.25, 0.3) is 5.91 Å². The molecular formula is C16H15F3N4O2. The second-order valence-electron chi connectivity index (χ2n) is 5.39. The number of anilines is 2. The molecule has 0 bridgehead atoms. The topological polar surface area (TPSA) is 67.4 Å². The minimum absolute atomic E-state index is 0.0960. The smallest absolute Gasteiger partial charge is 0.378 e. The average molecular weight is 352 g/mol. The van der Waals surface area contributed by atoms with Crippen molar-refractivity contribution in [3.05, 3.63) is 47.8 Å². The van der Waals surface area contributed by atoms with Crippen LogP contribution in [0.15, 0.2) is 36.7 Å². The number of carbonyl (C=O) groups is 1. The van der Waals surface area contributed by atoms with Crippen LogP contribution in [0, 0.1) is 0 Å². The van der Waals surface area contributed by atoms with Crippen molar-refractivity contribution >= 4 is 17.5 Å². The van der Waals surface area contributed by atoms with Crippen LogP contribution in [0.3, 0.4) is 0 Å². The van der Waals surface area contributed by atoms with Crippen molar-refractivity contribution in [2.75, 3.05) is 36.5 Å². The predicted molar refractivity (Wildman–Crippen MR) is 84.5 cm³/mol. The molecule has 0 saturated carbocycles. The predicted octanol–water partition coefficient (Wildman–Crippen LogP) is 2.58. The molecule has 1 amide bonds. The molecule has 1 aliphatic heterocycles. The lowest BCUT2D eigenvalue weighted by atomic mass is 10.1. The summed E-state index contributed by atoms with van der Waals surface area (Å²) < 4.78 is 43.5. The molecule has 6 nitrogen and oxygen atoms in total. The first-order valence-corrected chi connectivity index (χ1v) is 7.57. The van der Waals surface area contributed by atoms with Gasteiger partial charge in [0, 0.05) is 24.7 Å². The highest BCUT2D eigenvalue weighted by Crippen LogP contribution is 2.29. The number of alkyl halides is 3. The summed E-state index contributed by atoms with van der Waals surface area (Å²) in [6.45, 7) is 2.49. The maximum Gasteiger partial charge on any atom is 0.416 e. The zero-order valence-electron chi connectivity index (χ0n) is 13.1. The molecule has 132 valence electrons. The van der Waals surface area contributed by atoms with Crippen LogP contribution in [0.1, 0.15) is 15.9 Å². The SMILES string of the molecule is O=C(Nc1cc(N2CCOCC2)ncn1)c1cccc(C(F)(F)F)c1. The number of hydrogen-bond acceptors (Lipinski definition) is 5. The molecule has 0 aliphatic carbocycles. The molecule has 2 heterocycles. The zero-order chi connectivity index (χ0) is 17.9. The largest absolute Gasteiger partial charge is 0.416 e. The van der Waals surface area contributed by atoms with Gasteiger partial charge in [0.1, 0.15) is 18.0 Å². The van der Waals surface area contributed by atoms with Crippen molar-refractivity contribution in [2.45, 2.75) is 6.18 Å². The number of amides is 1. The van der Waals surface area contributed by atoms with E-state index in [1.807, 2.05) is 4.90 Å². The monoisotopic (exact) mass is 352 g/mol. The highest BCUT2D eigenvalue weighted by Gasteiger charge is 2.30. The zero-order valence-corrected chi connectivity index (χ0v) is 13.1. The second kappa shape index (κ2) is 7.06. The first-order chi connectivity index (χ1) is 11.9. The third-order valence-electron chi connectivity index (χ3n) is 3.68. The molecule has 25 heavy (non-hydrogen) atoms. The van der Waals surface area contributed by atoms with Crippen molar-refractivity contribution in [1.82, 2.24) is 9.97 Å². The highest BCUT2D eigenvalue weighted by atomic mass is 19.4. The third-order valence-corrected chi connectivity index (χ3v) is 3.68. The number of aromatic nitrogens is 2. The van der Waals surface area contributed by atoms with Gasteiger partial charge >= 0.3 is 6.18 Å². The number of morpholine rings is 1. The number of nitrogens with one attached hydrogen (secondary N) is 1. The summed E-state index contributed by atoms with van der Waals surface area (Å²) in [6, 6.07) is 5.81. The second-order valence-corrected chi connectivity index (χ2v) is 5.39. The summed E-state index contributed by atoms with van der Waals surface area (Å²) in [5, 5.41) is 2.50. The van der Waals surface area contributed by atoms with E-state index in [1.165, 1.54) is 18.5 Å². The van der Waals surface area contributed by atoms with Gasteiger partial charge in [-0.15, -0.1) is 0 Å². The Hall–Kier alpha value is -2.68. The normalized spacial score (nSPS) is 15.1. The van der Waals surface area contributed by atoms with Crippen molar-refractivity contribution in [3.8, 4) is 0 Å². The van der Waals surface area contributed by atoms with Crippen molar-refractivity contribution in [2.24, 2.45) is 0 Å². The van der Waals surface area contributed by atoms with Crippen molar-refractivity contribution in [3.63, 3.8) is 0 Å². The van der Waals surface area contributed by atoms with Gasteiger partial charge < -0.3 is 15.0 Å². The van der Waals surface area contributed by atoms with Crippen LogP contribution in [-0.2, 0) is 10.9 Å². The van der Waals surface area contributed by atoms with E-state index >= 15 is 0 Å². The Morgan fingerprint density at radius 2 is 1.92 bits per heavy atom. The number of benzene rings is 1. The fraction of sp³-hybridized carbons (Fsp3) is 0.312. The molecule has 1 N–H and O–H groups in total. The van der Waals surface area contributed by atoms with E-state index in [-0.39, 0.29) is 11.4 Å². The van der Waals surface area contributed by atoms with E-state index < -0.39 is 17.6 Å². The molecule has 1 aliphatic rings. The molecule has 3 rings (SSSR count). The molecule has 1 fully saturated rings. The number of rotatable bonds is 3. The van der Waals surface area contributed by atoms with Crippen LogP contribution in [0.5, 0.6) is 0 Å². The summed E-state index contributed by atoms with van der Waals surface area (Å²) in [7, 11) is 0. The van der Waals surface area contributed by atoms with E-state index in [4.69, 9.17) is 4.74 Å². The molecule has 1 aromatic heterocycles. The molecule has 1 aromatic carbocycles. The summed E-state index contributed by atoms with van der Waals surface area (Å²) in [5.41, 5.74) is -0.974.